The first kappa shape index (κ1) is 19.4. The van der Waals surface area contributed by atoms with Gasteiger partial charge in [-0.3, -0.25) is 10.0 Å². The van der Waals surface area contributed by atoms with E-state index in [1.165, 1.54) is 19.9 Å². The third-order valence-electron chi connectivity index (χ3n) is 5.49. The number of carbonyl (C=O) groups excluding carboxylic acids is 1. The van der Waals surface area contributed by atoms with E-state index in [9.17, 15) is 10.0 Å². The molecule has 0 unspecified atom stereocenters. The smallest absolute Gasteiger partial charge is 0.251 e. The molecule has 2 fully saturated rings. The van der Waals surface area contributed by atoms with E-state index in [1.54, 1.807) is 0 Å². The largest absolute Gasteiger partial charge is 0.381 e. The van der Waals surface area contributed by atoms with Gasteiger partial charge in [-0.2, -0.15) is 0 Å². The highest BCUT2D eigenvalue weighted by Crippen LogP contribution is 2.45. The Morgan fingerprint density at radius 3 is 2.58 bits per heavy atom. The number of nitrogens with zero attached hydrogens (tertiary/aromatic N) is 1. The quantitative estimate of drug-likeness (QED) is 0.397. The van der Waals surface area contributed by atoms with Crippen molar-refractivity contribution in [3.05, 3.63) is 12.2 Å². The van der Waals surface area contributed by atoms with E-state index in [0.29, 0.717) is 29.1 Å². The summed E-state index contributed by atoms with van der Waals surface area (Å²) in [6.45, 7) is 7.35. The predicted octanol–water partition coefficient (Wildman–Crippen LogP) is 3.42. The van der Waals surface area contributed by atoms with Crippen molar-refractivity contribution in [3.8, 4) is 0 Å². The van der Waals surface area contributed by atoms with Crippen molar-refractivity contribution in [2.75, 3.05) is 20.3 Å². The molecule has 24 heavy (non-hydrogen) atoms. The summed E-state index contributed by atoms with van der Waals surface area (Å²) in [6, 6.07) is 0. The van der Waals surface area contributed by atoms with Crippen LogP contribution < -0.4 is 0 Å². The predicted molar refractivity (Wildman–Crippen MR) is 92.7 cm³/mol. The molecule has 5 heteroatoms. The van der Waals surface area contributed by atoms with Crippen LogP contribution in [-0.4, -0.2) is 48.6 Å². The molecular formula is C19H33NO4. The van der Waals surface area contributed by atoms with E-state index in [1.807, 2.05) is 20.8 Å². The molecule has 1 amide bonds. The lowest BCUT2D eigenvalue weighted by molar-refractivity contribution is -0.169. The van der Waals surface area contributed by atoms with Crippen molar-refractivity contribution in [2.24, 2.45) is 17.3 Å². The number of allylic oxidation sites excluding steroid dienone is 2. The fourth-order valence-electron chi connectivity index (χ4n) is 4.04. The van der Waals surface area contributed by atoms with E-state index in [0.717, 1.165) is 32.5 Å². The Labute approximate surface area is 146 Å². The molecule has 2 heterocycles. The Bertz CT molecular complexity index is 447. The Kier molecular flexibility index (Phi) is 6.84. The van der Waals surface area contributed by atoms with Crippen LogP contribution in [0.3, 0.4) is 0 Å². The SMILES string of the molecule is CCOC[C@@H]1[C@H](CC=CCCC(C)(C)C(=O)N(C)O)[C@@H]2CC[C@H]1O2. The van der Waals surface area contributed by atoms with Gasteiger partial charge in [-0.1, -0.05) is 26.0 Å². The third kappa shape index (κ3) is 4.58. The fraction of sp³-hybridized carbons (Fsp3) is 0.842. The first-order valence-corrected chi connectivity index (χ1v) is 9.22. The van der Waals surface area contributed by atoms with E-state index in [-0.39, 0.29) is 5.91 Å². The highest BCUT2D eigenvalue weighted by Gasteiger charge is 2.48. The second-order valence-electron chi connectivity index (χ2n) is 7.74. The molecule has 0 aliphatic carbocycles. The summed E-state index contributed by atoms with van der Waals surface area (Å²) in [5.74, 6) is 0.841. The molecule has 2 bridgehead atoms. The van der Waals surface area contributed by atoms with Gasteiger partial charge in [-0.05, 0) is 44.9 Å². The van der Waals surface area contributed by atoms with Gasteiger partial charge in [0, 0.05) is 25.0 Å². The van der Waals surface area contributed by atoms with Crippen LogP contribution in [0, 0.1) is 17.3 Å². The number of amides is 1. The number of carbonyl (C=O) groups is 1. The molecule has 4 atom stereocenters. The summed E-state index contributed by atoms with van der Waals surface area (Å²) >= 11 is 0. The van der Waals surface area contributed by atoms with Crippen LogP contribution in [0.1, 0.15) is 52.9 Å². The molecule has 5 nitrogen and oxygen atoms in total. The van der Waals surface area contributed by atoms with Gasteiger partial charge in [0.15, 0.2) is 0 Å². The molecular weight excluding hydrogens is 306 g/mol. The van der Waals surface area contributed by atoms with E-state index < -0.39 is 5.41 Å². The standard InChI is InChI=1S/C19H33NO4/c1-5-23-13-15-14(16-10-11-17(15)24-16)9-7-6-8-12-19(2,3)18(21)20(4)22/h6-7,14-17,22H,5,8-13H2,1-4H3/t14-,15+,16-,17+/m0/s1. The van der Waals surface area contributed by atoms with Crippen LogP contribution >= 0.6 is 0 Å². The number of hydrogen-bond donors (Lipinski definition) is 1. The van der Waals surface area contributed by atoms with Gasteiger partial charge in [-0.15, -0.1) is 0 Å². The molecule has 0 saturated carbocycles. The number of ether oxygens (including phenoxy) is 2. The maximum atomic E-state index is 11.9. The van der Waals surface area contributed by atoms with Crippen molar-refractivity contribution in [1.29, 1.82) is 0 Å². The highest BCUT2D eigenvalue weighted by atomic mass is 16.5. The summed E-state index contributed by atoms with van der Waals surface area (Å²) in [6.07, 6.45) is 10.1. The summed E-state index contributed by atoms with van der Waals surface area (Å²) < 4.78 is 11.7. The Morgan fingerprint density at radius 2 is 1.96 bits per heavy atom. The summed E-state index contributed by atoms with van der Waals surface area (Å²) in [5.41, 5.74) is -0.541. The van der Waals surface area contributed by atoms with Crippen molar-refractivity contribution in [2.45, 2.75) is 65.1 Å². The average Bonchev–Trinajstić information content (AvgIpc) is 3.13. The van der Waals surface area contributed by atoms with Crippen molar-refractivity contribution >= 4 is 5.91 Å². The Balaban J connectivity index is 1.78. The minimum absolute atomic E-state index is 0.241. The maximum Gasteiger partial charge on any atom is 0.251 e. The molecule has 0 aromatic carbocycles. The van der Waals surface area contributed by atoms with Gasteiger partial charge in [0.1, 0.15) is 0 Å². The molecule has 0 radical (unpaired) electrons. The molecule has 0 aromatic rings. The molecule has 1 N–H and O–H groups in total. The minimum Gasteiger partial charge on any atom is -0.381 e. The highest BCUT2D eigenvalue weighted by molar-refractivity contribution is 5.80. The van der Waals surface area contributed by atoms with Crippen molar-refractivity contribution < 1.29 is 19.5 Å². The van der Waals surface area contributed by atoms with Crippen LogP contribution in [0.2, 0.25) is 0 Å². The number of rotatable bonds is 9. The lowest BCUT2D eigenvalue weighted by Gasteiger charge is -2.27. The second kappa shape index (κ2) is 8.45. The summed E-state index contributed by atoms with van der Waals surface area (Å²) in [5, 5.41) is 9.99. The van der Waals surface area contributed by atoms with Gasteiger partial charge in [0.2, 0.25) is 0 Å². The van der Waals surface area contributed by atoms with E-state index >= 15 is 0 Å². The van der Waals surface area contributed by atoms with Gasteiger partial charge >= 0.3 is 0 Å². The number of hydrogen-bond acceptors (Lipinski definition) is 4. The molecule has 0 spiro atoms. The fourth-order valence-corrected chi connectivity index (χ4v) is 4.04. The van der Waals surface area contributed by atoms with Gasteiger partial charge < -0.3 is 9.47 Å². The van der Waals surface area contributed by atoms with Crippen LogP contribution in [0.4, 0.5) is 0 Å². The van der Waals surface area contributed by atoms with Gasteiger partial charge in [-0.25, -0.2) is 5.06 Å². The molecule has 2 aliphatic heterocycles. The minimum atomic E-state index is -0.541. The molecule has 138 valence electrons. The van der Waals surface area contributed by atoms with Crippen LogP contribution in [0.25, 0.3) is 0 Å². The van der Waals surface area contributed by atoms with Crippen LogP contribution in [0.5, 0.6) is 0 Å². The number of hydroxylamine groups is 2. The van der Waals surface area contributed by atoms with E-state index in [2.05, 4.69) is 12.2 Å². The average molecular weight is 339 g/mol. The van der Waals surface area contributed by atoms with Crippen molar-refractivity contribution in [3.63, 3.8) is 0 Å². The van der Waals surface area contributed by atoms with Crippen LogP contribution in [-0.2, 0) is 14.3 Å². The number of fused-ring (bicyclic) bond motifs is 2. The molecule has 2 aliphatic rings. The molecule has 2 saturated heterocycles. The maximum absolute atomic E-state index is 11.9. The van der Waals surface area contributed by atoms with Crippen LogP contribution in [0.15, 0.2) is 12.2 Å². The lowest BCUT2D eigenvalue weighted by atomic mass is 9.78. The van der Waals surface area contributed by atoms with Gasteiger partial charge in [0.25, 0.3) is 5.91 Å². The zero-order valence-corrected chi connectivity index (χ0v) is 15.5. The monoisotopic (exact) mass is 339 g/mol. The Hall–Kier alpha value is -0.910. The van der Waals surface area contributed by atoms with Gasteiger partial charge in [0.05, 0.1) is 18.8 Å². The normalized spacial score (nSPS) is 29.5. The van der Waals surface area contributed by atoms with E-state index in [4.69, 9.17) is 9.47 Å². The molecule has 0 aromatic heterocycles. The topological polar surface area (TPSA) is 59.0 Å². The summed E-state index contributed by atoms with van der Waals surface area (Å²) in [7, 11) is 1.38. The third-order valence-corrected chi connectivity index (χ3v) is 5.49. The Morgan fingerprint density at radius 1 is 1.29 bits per heavy atom. The first-order valence-electron chi connectivity index (χ1n) is 9.22. The molecule has 2 rings (SSSR count). The zero-order valence-electron chi connectivity index (χ0n) is 15.5. The summed E-state index contributed by atoms with van der Waals surface area (Å²) in [4.78, 5) is 11.9. The first-order chi connectivity index (χ1) is 11.4. The lowest BCUT2D eigenvalue weighted by Crippen LogP contribution is -2.36. The zero-order chi connectivity index (χ0) is 17.7. The second-order valence-corrected chi connectivity index (χ2v) is 7.74. The van der Waals surface area contributed by atoms with Crippen molar-refractivity contribution in [1.82, 2.24) is 5.06 Å².